The Balaban J connectivity index is 1.31. The van der Waals surface area contributed by atoms with Gasteiger partial charge in [0.25, 0.3) is 11.8 Å². The molecule has 0 aliphatic carbocycles. The molecule has 0 atom stereocenters. The van der Waals surface area contributed by atoms with Crippen molar-refractivity contribution in [2.45, 2.75) is 0 Å². The van der Waals surface area contributed by atoms with Gasteiger partial charge in [-0.15, -0.1) is 0 Å². The summed E-state index contributed by atoms with van der Waals surface area (Å²) in [7, 11) is 1.83. The number of hydrogen-bond acceptors (Lipinski definition) is 6. The number of carbonyl (C=O) groups is 2. The predicted molar refractivity (Wildman–Crippen MR) is 106 cm³/mol. The molecule has 1 aliphatic rings. The molecule has 0 bridgehead atoms. The molecule has 1 aliphatic heterocycles. The van der Waals surface area contributed by atoms with E-state index in [1.54, 1.807) is 27.0 Å². The van der Waals surface area contributed by atoms with Crippen LogP contribution in [0.25, 0.3) is 11.4 Å². The summed E-state index contributed by atoms with van der Waals surface area (Å²) in [4.78, 5) is 39.3. The maximum atomic E-state index is 12.5. The number of carbonyl (C=O) groups excluding carboxylic acids is 2. The maximum Gasteiger partial charge on any atom is 0.274 e. The van der Waals surface area contributed by atoms with Gasteiger partial charge < -0.3 is 9.47 Å². The van der Waals surface area contributed by atoms with E-state index in [9.17, 15) is 9.59 Å². The molecule has 3 aromatic rings. The number of nitrogens with one attached hydrogen (secondary N) is 1. The van der Waals surface area contributed by atoms with E-state index >= 15 is 0 Å². The Morgan fingerprint density at radius 1 is 0.966 bits per heavy atom. The third-order valence-corrected chi connectivity index (χ3v) is 4.70. The number of amides is 2. The first-order valence-electron chi connectivity index (χ1n) is 9.31. The highest BCUT2D eigenvalue weighted by molar-refractivity contribution is 5.93. The van der Waals surface area contributed by atoms with Crippen LogP contribution in [-0.4, -0.2) is 67.4 Å². The lowest BCUT2D eigenvalue weighted by Gasteiger charge is -2.34. The van der Waals surface area contributed by atoms with E-state index in [1.165, 1.54) is 12.4 Å². The summed E-state index contributed by atoms with van der Waals surface area (Å²) < 4.78 is 1.74. The van der Waals surface area contributed by atoms with E-state index in [0.717, 1.165) is 5.56 Å². The molecule has 0 spiro atoms. The number of hydrogen-bond donors (Lipinski definition) is 1. The molecule has 0 radical (unpaired) electrons. The summed E-state index contributed by atoms with van der Waals surface area (Å²) in [6.07, 6.45) is 6.35. The van der Waals surface area contributed by atoms with Gasteiger partial charge in [-0.05, 0) is 0 Å². The Labute approximate surface area is 168 Å². The predicted octanol–water partition coefficient (Wildman–Crippen LogP) is 0.980. The molecular weight excluding hydrogens is 370 g/mol. The third-order valence-electron chi connectivity index (χ3n) is 4.70. The van der Waals surface area contributed by atoms with E-state index in [-0.39, 0.29) is 11.8 Å². The van der Waals surface area contributed by atoms with Gasteiger partial charge in [-0.2, -0.15) is 0 Å². The van der Waals surface area contributed by atoms with Crippen LogP contribution < -0.4 is 5.43 Å². The average Bonchev–Trinajstić information content (AvgIpc) is 3.21. The minimum absolute atomic E-state index is 0.0959. The first kappa shape index (κ1) is 18.8. The fourth-order valence-corrected chi connectivity index (χ4v) is 3.10. The molecule has 0 saturated carbocycles. The average molecular weight is 391 g/mol. The van der Waals surface area contributed by atoms with Crippen molar-refractivity contribution in [2.75, 3.05) is 26.2 Å². The lowest BCUT2D eigenvalue weighted by Crippen LogP contribution is -2.54. The zero-order valence-corrected chi connectivity index (χ0v) is 16.0. The normalized spacial score (nSPS) is 14.6. The van der Waals surface area contributed by atoms with Crippen molar-refractivity contribution in [1.29, 1.82) is 0 Å². The zero-order chi connectivity index (χ0) is 20.2. The molecule has 3 heterocycles. The van der Waals surface area contributed by atoms with Crippen LogP contribution in [0, 0.1) is 0 Å². The standard InChI is InChI=1S/C20H21N7O2/c1-25-13-17(23-14-25)20(29)26-7-9-27(10-8-26)24-19(28)16-11-21-18(22-12-16)15-5-3-2-4-6-15/h2-6,11-14H,7-10H2,1H3,(H,24,28). The number of nitrogens with zero attached hydrogens (tertiary/aromatic N) is 6. The third kappa shape index (κ3) is 4.30. The second-order valence-electron chi connectivity index (χ2n) is 6.81. The number of imidazole rings is 1. The first-order chi connectivity index (χ1) is 14.1. The van der Waals surface area contributed by atoms with Crippen LogP contribution in [0.1, 0.15) is 20.8 Å². The summed E-state index contributed by atoms with van der Waals surface area (Å²) >= 11 is 0. The largest absolute Gasteiger partial charge is 0.340 e. The fourth-order valence-electron chi connectivity index (χ4n) is 3.10. The molecule has 1 aromatic carbocycles. The van der Waals surface area contributed by atoms with Gasteiger partial charge in [0.2, 0.25) is 0 Å². The molecule has 0 unspecified atom stereocenters. The smallest absolute Gasteiger partial charge is 0.274 e. The van der Waals surface area contributed by atoms with Gasteiger partial charge in [-0.25, -0.2) is 20.0 Å². The second-order valence-corrected chi connectivity index (χ2v) is 6.81. The van der Waals surface area contributed by atoms with Gasteiger partial charge in [0, 0.05) is 57.4 Å². The van der Waals surface area contributed by atoms with Crippen LogP contribution in [0.5, 0.6) is 0 Å². The van der Waals surface area contributed by atoms with E-state index in [0.29, 0.717) is 43.3 Å². The van der Waals surface area contributed by atoms with Crippen molar-refractivity contribution in [3.8, 4) is 11.4 Å². The topological polar surface area (TPSA) is 96.2 Å². The Kier molecular flexibility index (Phi) is 5.30. The number of benzene rings is 1. The molecule has 2 amide bonds. The zero-order valence-electron chi connectivity index (χ0n) is 16.0. The molecule has 4 rings (SSSR count). The molecule has 9 nitrogen and oxygen atoms in total. The molecule has 1 N–H and O–H groups in total. The van der Waals surface area contributed by atoms with Crippen LogP contribution in [0.3, 0.4) is 0 Å². The van der Waals surface area contributed by atoms with E-state index in [2.05, 4.69) is 20.4 Å². The SMILES string of the molecule is Cn1cnc(C(=O)N2CCN(NC(=O)c3cnc(-c4ccccc4)nc3)CC2)c1. The van der Waals surface area contributed by atoms with Gasteiger partial charge in [0.1, 0.15) is 5.69 Å². The summed E-state index contributed by atoms with van der Waals surface area (Å²) in [6.45, 7) is 2.10. The summed E-state index contributed by atoms with van der Waals surface area (Å²) in [5.41, 5.74) is 4.57. The van der Waals surface area contributed by atoms with Gasteiger partial charge >= 0.3 is 0 Å². The molecule has 29 heavy (non-hydrogen) atoms. The highest BCUT2D eigenvalue weighted by Gasteiger charge is 2.24. The second kappa shape index (κ2) is 8.19. The molecule has 1 fully saturated rings. The summed E-state index contributed by atoms with van der Waals surface area (Å²) in [5, 5.41) is 1.80. The van der Waals surface area contributed by atoms with E-state index < -0.39 is 0 Å². The van der Waals surface area contributed by atoms with Gasteiger partial charge in [-0.3, -0.25) is 15.0 Å². The molecular formula is C20H21N7O2. The number of aromatic nitrogens is 4. The quantitative estimate of drug-likeness (QED) is 0.712. The van der Waals surface area contributed by atoms with Crippen molar-refractivity contribution >= 4 is 11.8 Å². The molecule has 148 valence electrons. The van der Waals surface area contributed by atoms with Crippen LogP contribution in [0.2, 0.25) is 0 Å². The van der Waals surface area contributed by atoms with Crippen LogP contribution >= 0.6 is 0 Å². The van der Waals surface area contributed by atoms with Gasteiger partial charge in [0.15, 0.2) is 5.82 Å². The van der Waals surface area contributed by atoms with Crippen molar-refractivity contribution in [2.24, 2.45) is 7.05 Å². The van der Waals surface area contributed by atoms with Crippen LogP contribution in [0.4, 0.5) is 0 Å². The Morgan fingerprint density at radius 3 is 2.28 bits per heavy atom. The van der Waals surface area contributed by atoms with Crippen molar-refractivity contribution < 1.29 is 9.59 Å². The number of rotatable bonds is 4. The summed E-state index contributed by atoms with van der Waals surface area (Å²) in [5.74, 6) is 0.208. The van der Waals surface area contributed by atoms with Crippen molar-refractivity contribution in [3.05, 3.63) is 66.5 Å². The fraction of sp³-hybridized carbons (Fsp3) is 0.250. The first-order valence-corrected chi connectivity index (χ1v) is 9.31. The lowest BCUT2D eigenvalue weighted by molar-refractivity contribution is 0.0502. The lowest BCUT2D eigenvalue weighted by atomic mass is 10.2. The maximum absolute atomic E-state index is 12.5. The monoisotopic (exact) mass is 391 g/mol. The van der Waals surface area contributed by atoms with E-state index in [4.69, 9.17) is 0 Å². The Hall–Kier alpha value is -3.59. The molecule has 2 aromatic heterocycles. The number of piperazine rings is 1. The Bertz CT molecular complexity index is 993. The van der Waals surface area contributed by atoms with Gasteiger partial charge in [0.05, 0.1) is 11.9 Å². The molecule has 1 saturated heterocycles. The minimum atomic E-state index is -0.269. The Morgan fingerprint density at radius 2 is 1.66 bits per heavy atom. The number of aryl methyl sites for hydroxylation is 1. The highest BCUT2D eigenvalue weighted by atomic mass is 16.2. The van der Waals surface area contributed by atoms with Crippen molar-refractivity contribution in [3.63, 3.8) is 0 Å². The highest BCUT2D eigenvalue weighted by Crippen LogP contribution is 2.13. The minimum Gasteiger partial charge on any atom is -0.340 e. The van der Waals surface area contributed by atoms with Crippen LogP contribution in [-0.2, 0) is 7.05 Å². The van der Waals surface area contributed by atoms with Crippen molar-refractivity contribution in [1.82, 2.24) is 34.9 Å². The molecule has 9 heteroatoms. The van der Waals surface area contributed by atoms with Gasteiger partial charge in [-0.1, -0.05) is 30.3 Å². The van der Waals surface area contributed by atoms with Crippen LogP contribution in [0.15, 0.2) is 55.2 Å². The number of hydrazine groups is 1. The summed E-state index contributed by atoms with van der Waals surface area (Å²) in [6, 6.07) is 9.59. The van der Waals surface area contributed by atoms with E-state index in [1.807, 2.05) is 37.4 Å².